The van der Waals surface area contributed by atoms with Crippen LogP contribution in [0.2, 0.25) is 0 Å². The molecule has 0 saturated carbocycles. The number of aromatic carboxylic acids is 1. The van der Waals surface area contributed by atoms with Gasteiger partial charge in [-0.15, -0.1) is 0 Å². The van der Waals surface area contributed by atoms with Crippen LogP contribution in [0.5, 0.6) is 0 Å². The number of anilines is 1. The average Bonchev–Trinajstić information content (AvgIpc) is 2.45. The second-order valence-corrected chi connectivity index (χ2v) is 5.78. The molecule has 0 saturated heterocycles. The summed E-state index contributed by atoms with van der Waals surface area (Å²) in [5, 5.41) is 13.0. The van der Waals surface area contributed by atoms with Gasteiger partial charge in [0, 0.05) is 6.04 Å². The van der Waals surface area contributed by atoms with Crippen LogP contribution in [0.25, 0.3) is 0 Å². The van der Waals surface area contributed by atoms with Gasteiger partial charge in [-0.05, 0) is 30.8 Å². The highest BCUT2D eigenvalue weighted by atomic mass is 32.1. The van der Waals surface area contributed by atoms with Crippen LogP contribution in [-0.2, 0) is 0 Å². The van der Waals surface area contributed by atoms with Crippen molar-refractivity contribution in [3.05, 3.63) is 11.3 Å². The first-order valence-electron chi connectivity index (χ1n) is 5.19. The lowest BCUT2D eigenvalue weighted by molar-refractivity contribution is 0.0697. The molecule has 0 radical (unpaired) electrons. The largest absolute Gasteiger partial charge is 0.478 e. The second-order valence-electron chi connectivity index (χ2n) is 5.01. The average molecular weight is 242 g/mol. The Morgan fingerprint density at radius 1 is 1.50 bits per heavy atom. The molecule has 0 spiro atoms. The van der Waals surface area contributed by atoms with Crippen molar-refractivity contribution < 1.29 is 9.90 Å². The summed E-state index contributed by atoms with van der Waals surface area (Å²) in [4.78, 5) is 11.1. The molecular formula is C11H18N2O2S. The Morgan fingerprint density at radius 3 is 2.50 bits per heavy atom. The summed E-state index contributed by atoms with van der Waals surface area (Å²) in [6, 6.07) is 0.186. The molecule has 0 fully saturated rings. The molecule has 0 aliphatic heterocycles. The highest BCUT2D eigenvalue weighted by molar-refractivity contribution is 7.10. The van der Waals surface area contributed by atoms with Crippen LogP contribution in [0, 0.1) is 12.3 Å². The van der Waals surface area contributed by atoms with Gasteiger partial charge in [0.15, 0.2) is 0 Å². The van der Waals surface area contributed by atoms with E-state index in [1.807, 2.05) is 6.92 Å². The number of carboxylic acids is 1. The van der Waals surface area contributed by atoms with E-state index in [1.165, 1.54) is 11.5 Å². The molecule has 0 aliphatic rings. The van der Waals surface area contributed by atoms with Gasteiger partial charge in [0.2, 0.25) is 0 Å². The molecule has 0 amide bonds. The fourth-order valence-electron chi connectivity index (χ4n) is 1.13. The van der Waals surface area contributed by atoms with Crippen LogP contribution >= 0.6 is 11.5 Å². The first-order valence-corrected chi connectivity index (χ1v) is 5.97. The number of hydrogen-bond donors (Lipinski definition) is 2. The Balaban J connectivity index is 2.94. The van der Waals surface area contributed by atoms with E-state index in [2.05, 4.69) is 30.5 Å². The van der Waals surface area contributed by atoms with E-state index < -0.39 is 5.97 Å². The predicted molar refractivity (Wildman–Crippen MR) is 66.4 cm³/mol. The third-order valence-corrected chi connectivity index (χ3v) is 3.59. The lowest BCUT2D eigenvalue weighted by Crippen LogP contribution is -2.31. The Kier molecular flexibility index (Phi) is 3.57. The van der Waals surface area contributed by atoms with Crippen LogP contribution < -0.4 is 5.32 Å². The zero-order valence-corrected chi connectivity index (χ0v) is 11.1. The molecule has 1 aromatic rings. The first-order chi connectivity index (χ1) is 7.23. The number of nitrogens with one attached hydrogen (secondary N) is 1. The summed E-state index contributed by atoms with van der Waals surface area (Å²) >= 11 is 1.21. The quantitative estimate of drug-likeness (QED) is 0.855. The molecule has 4 nitrogen and oxygen atoms in total. The fraction of sp³-hybridized carbons (Fsp3) is 0.636. The van der Waals surface area contributed by atoms with Crippen molar-refractivity contribution in [2.45, 2.75) is 40.7 Å². The summed E-state index contributed by atoms with van der Waals surface area (Å²) in [7, 11) is 0. The molecule has 0 aromatic carbocycles. The van der Waals surface area contributed by atoms with Crippen LogP contribution in [0.4, 0.5) is 5.00 Å². The summed E-state index contributed by atoms with van der Waals surface area (Å²) in [6.07, 6.45) is 0. The van der Waals surface area contributed by atoms with Gasteiger partial charge in [0.25, 0.3) is 0 Å². The van der Waals surface area contributed by atoms with Crippen molar-refractivity contribution in [3.63, 3.8) is 0 Å². The third-order valence-electron chi connectivity index (χ3n) is 2.72. The van der Waals surface area contributed by atoms with Crippen molar-refractivity contribution >= 4 is 22.5 Å². The van der Waals surface area contributed by atoms with Crippen LogP contribution in [-0.4, -0.2) is 21.5 Å². The van der Waals surface area contributed by atoms with Crippen molar-refractivity contribution in [2.75, 3.05) is 5.32 Å². The van der Waals surface area contributed by atoms with Gasteiger partial charge in [-0.25, -0.2) is 4.79 Å². The monoisotopic (exact) mass is 242 g/mol. The SMILES string of the molecule is Cc1nsc(NC(C)C(C)(C)C)c1C(=O)O. The van der Waals surface area contributed by atoms with Gasteiger partial charge in [0.1, 0.15) is 10.6 Å². The van der Waals surface area contributed by atoms with Gasteiger partial charge in [0.05, 0.1) is 5.69 Å². The van der Waals surface area contributed by atoms with Crippen LogP contribution in [0.1, 0.15) is 43.7 Å². The molecule has 2 N–H and O–H groups in total. The van der Waals surface area contributed by atoms with Crippen molar-refractivity contribution in [3.8, 4) is 0 Å². The molecule has 0 bridgehead atoms. The van der Waals surface area contributed by atoms with Gasteiger partial charge in [-0.3, -0.25) is 0 Å². The maximum absolute atomic E-state index is 11.1. The smallest absolute Gasteiger partial charge is 0.340 e. The number of carboxylic acid groups (broad SMARTS) is 1. The third kappa shape index (κ3) is 2.72. The molecule has 0 aliphatic carbocycles. The molecule has 90 valence electrons. The minimum atomic E-state index is -0.921. The van der Waals surface area contributed by atoms with Crippen LogP contribution in [0.15, 0.2) is 0 Å². The molecule has 5 heteroatoms. The van der Waals surface area contributed by atoms with Crippen molar-refractivity contribution in [1.29, 1.82) is 0 Å². The summed E-state index contributed by atoms with van der Waals surface area (Å²) in [5.41, 5.74) is 0.940. The molecule has 1 aromatic heterocycles. The van der Waals surface area contributed by atoms with E-state index in [9.17, 15) is 4.79 Å². The Labute approximate surface area is 99.9 Å². The standard InChI is InChI=1S/C11H18N2O2S/c1-6-8(10(14)15)9(16-13-6)12-7(2)11(3,4)5/h7,12H,1-5H3,(H,14,15). The minimum absolute atomic E-state index is 0.0771. The van der Waals surface area contributed by atoms with E-state index in [1.54, 1.807) is 6.92 Å². The molecule has 16 heavy (non-hydrogen) atoms. The normalized spacial score (nSPS) is 13.6. The van der Waals surface area contributed by atoms with E-state index in [4.69, 9.17) is 5.11 Å². The van der Waals surface area contributed by atoms with E-state index in [0.717, 1.165) is 0 Å². The summed E-state index contributed by atoms with van der Waals surface area (Å²) in [5.74, 6) is -0.921. The van der Waals surface area contributed by atoms with Crippen molar-refractivity contribution in [2.24, 2.45) is 5.41 Å². The second kappa shape index (κ2) is 4.41. The lowest BCUT2D eigenvalue weighted by atomic mass is 9.88. The summed E-state index contributed by atoms with van der Waals surface area (Å²) in [6.45, 7) is 10.1. The minimum Gasteiger partial charge on any atom is -0.478 e. The predicted octanol–water partition coefficient (Wildman–Crippen LogP) is 3.00. The summed E-state index contributed by atoms with van der Waals surface area (Å²) < 4.78 is 4.07. The highest BCUT2D eigenvalue weighted by Gasteiger charge is 2.24. The maximum atomic E-state index is 11.1. The van der Waals surface area contributed by atoms with Crippen LogP contribution in [0.3, 0.4) is 0 Å². The van der Waals surface area contributed by atoms with Gasteiger partial charge in [-0.1, -0.05) is 20.8 Å². The number of carbonyl (C=O) groups is 1. The zero-order valence-electron chi connectivity index (χ0n) is 10.3. The van der Waals surface area contributed by atoms with E-state index in [0.29, 0.717) is 16.3 Å². The molecule has 1 rings (SSSR count). The van der Waals surface area contributed by atoms with Gasteiger partial charge >= 0.3 is 5.97 Å². The van der Waals surface area contributed by atoms with E-state index in [-0.39, 0.29) is 11.5 Å². The van der Waals surface area contributed by atoms with Gasteiger partial charge in [-0.2, -0.15) is 4.37 Å². The molecule has 1 unspecified atom stereocenters. The number of hydrogen-bond acceptors (Lipinski definition) is 4. The first kappa shape index (κ1) is 13.0. The van der Waals surface area contributed by atoms with E-state index >= 15 is 0 Å². The van der Waals surface area contributed by atoms with Crippen molar-refractivity contribution in [1.82, 2.24) is 4.37 Å². The Morgan fingerprint density at radius 2 is 2.06 bits per heavy atom. The molecular weight excluding hydrogens is 224 g/mol. The topological polar surface area (TPSA) is 62.2 Å². The maximum Gasteiger partial charge on any atom is 0.340 e. The Bertz CT molecular complexity index is 393. The number of rotatable bonds is 3. The lowest BCUT2D eigenvalue weighted by Gasteiger charge is -2.28. The number of aromatic nitrogens is 1. The van der Waals surface area contributed by atoms with Gasteiger partial charge < -0.3 is 10.4 Å². The molecule has 1 heterocycles. The Hall–Kier alpha value is -1.10. The fourth-order valence-corrected chi connectivity index (χ4v) is 2.01. The molecule has 1 atom stereocenters. The number of nitrogens with zero attached hydrogens (tertiary/aromatic N) is 1. The zero-order chi connectivity index (χ0) is 12.5. The number of aryl methyl sites for hydroxylation is 1. The highest BCUT2D eigenvalue weighted by Crippen LogP contribution is 2.29.